The zero-order valence-electron chi connectivity index (χ0n) is 17.4. The van der Waals surface area contributed by atoms with Crippen LogP contribution in [0.3, 0.4) is 0 Å². The molecule has 7 nitrogen and oxygen atoms in total. The second-order valence-electron chi connectivity index (χ2n) is 7.87. The molecule has 0 spiro atoms. The van der Waals surface area contributed by atoms with Crippen molar-refractivity contribution in [3.63, 3.8) is 0 Å². The van der Waals surface area contributed by atoms with Crippen LogP contribution in [0.25, 0.3) is 0 Å². The van der Waals surface area contributed by atoms with Crippen molar-refractivity contribution in [1.29, 1.82) is 0 Å². The van der Waals surface area contributed by atoms with Gasteiger partial charge in [0.1, 0.15) is 18.0 Å². The number of fused-ring (bicyclic) bond motifs is 1. The minimum atomic E-state index is -2.94. The highest BCUT2D eigenvalue weighted by atomic mass is 19.3. The lowest BCUT2D eigenvalue weighted by Crippen LogP contribution is -2.70. The van der Waals surface area contributed by atoms with Gasteiger partial charge in [0.25, 0.3) is 5.91 Å². The van der Waals surface area contributed by atoms with E-state index in [1.54, 1.807) is 16.7 Å². The summed E-state index contributed by atoms with van der Waals surface area (Å²) in [5.74, 6) is -0.297. The summed E-state index contributed by atoms with van der Waals surface area (Å²) in [6.45, 7) is 3.94. The molecule has 1 aromatic carbocycles. The number of ether oxygens (including phenoxy) is 1. The zero-order chi connectivity index (χ0) is 22.0. The molecule has 2 saturated heterocycles. The fraction of sp³-hybridized carbons (Fsp3) is 0.571. The van der Waals surface area contributed by atoms with Gasteiger partial charge in [0.2, 0.25) is 11.8 Å². The van der Waals surface area contributed by atoms with Gasteiger partial charge in [-0.25, -0.2) is 0 Å². The number of amides is 3. The third-order valence-corrected chi connectivity index (χ3v) is 5.82. The third-order valence-electron chi connectivity index (χ3n) is 5.82. The number of alkyl halides is 2. The number of halogens is 2. The number of carbonyl (C=O) groups excluding carboxylic acids is 3. The van der Waals surface area contributed by atoms with Crippen molar-refractivity contribution in [1.82, 2.24) is 14.7 Å². The van der Waals surface area contributed by atoms with Crippen molar-refractivity contribution in [2.45, 2.75) is 52.4 Å². The van der Waals surface area contributed by atoms with E-state index >= 15 is 0 Å². The van der Waals surface area contributed by atoms with Gasteiger partial charge in [-0.2, -0.15) is 8.78 Å². The monoisotopic (exact) mass is 423 g/mol. The lowest BCUT2D eigenvalue weighted by molar-refractivity contribution is -0.166. The first-order valence-electron chi connectivity index (χ1n) is 10.2. The summed E-state index contributed by atoms with van der Waals surface area (Å²) >= 11 is 0. The van der Waals surface area contributed by atoms with Crippen LogP contribution in [0, 0.1) is 5.92 Å². The number of piperazine rings is 1. The van der Waals surface area contributed by atoms with E-state index in [-0.39, 0.29) is 43.0 Å². The molecule has 2 fully saturated rings. The highest BCUT2D eigenvalue weighted by Crippen LogP contribution is 2.28. The van der Waals surface area contributed by atoms with Crippen LogP contribution in [-0.2, 0) is 9.59 Å². The van der Waals surface area contributed by atoms with Crippen LogP contribution in [0.4, 0.5) is 8.78 Å². The molecule has 0 bridgehead atoms. The van der Waals surface area contributed by atoms with E-state index in [0.717, 1.165) is 6.42 Å². The maximum absolute atomic E-state index is 13.2. The Balaban J connectivity index is 1.83. The smallest absolute Gasteiger partial charge is 0.387 e. The summed E-state index contributed by atoms with van der Waals surface area (Å²) in [6, 6.07) is 4.84. The normalized spacial score (nSPS) is 22.9. The molecule has 0 aliphatic carbocycles. The molecule has 2 aliphatic rings. The van der Waals surface area contributed by atoms with Crippen molar-refractivity contribution < 1.29 is 27.9 Å². The maximum atomic E-state index is 13.2. The highest BCUT2D eigenvalue weighted by molar-refractivity contribution is 5.97. The van der Waals surface area contributed by atoms with Crippen LogP contribution >= 0.6 is 0 Å². The van der Waals surface area contributed by atoms with Gasteiger partial charge in [-0.1, -0.05) is 20.3 Å². The second-order valence-corrected chi connectivity index (χ2v) is 7.87. The van der Waals surface area contributed by atoms with Gasteiger partial charge in [-0.3, -0.25) is 14.4 Å². The minimum absolute atomic E-state index is 0.0337. The summed E-state index contributed by atoms with van der Waals surface area (Å²) in [4.78, 5) is 43.4. The van der Waals surface area contributed by atoms with E-state index in [0.29, 0.717) is 18.0 Å². The molecule has 164 valence electrons. The minimum Gasteiger partial charge on any atom is -0.435 e. The Hall–Kier alpha value is -2.71. The summed E-state index contributed by atoms with van der Waals surface area (Å²) in [5, 5.41) is 0. The average Bonchev–Trinajstić information content (AvgIpc) is 2.71. The Kier molecular flexibility index (Phi) is 6.58. The van der Waals surface area contributed by atoms with Crippen LogP contribution in [0.15, 0.2) is 24.3 Å². The Labute approximate surface area is 174 Å². The molecular weight excluding hydrogens is 396 g/mol. The van der Waals surface area contributed by atoms with Gasteiger partial charge < -0.3 is 19.4 Å². The van der Waals surface area contributed by atoms with Crippen molar-refractivity contribution >= 4 is 17.7 Å². The lowest BCUT2D eigenvalue weighted by atomic mass is 10.0. The van der Waals surface area contributed by atoms with E-state index in [2.05, 4.69) is 18.6 Å². The Morgan fingerprint density at radius 2 is 1.90 bits per heavy atom. The first-order valence-corrected chi connectivity index (χ1v) is 10.2. The Morgan fingerprint density at radius 1 is 1.23 bits per heavy atom. The molecule has 30 heavy (non-hydrogen) atoms. The number of rotatable bonds is 6. The van der Waals surface area contributed by atoms with Crippen LogP contribution in [0.5, 0.6) is 5.75 Å². The predicted molar refractivity (Wildman–Crippen MR) is 105 cm³/mol. The highest BCUT2D eigenvalue weighted by Gasteiger charge is 2.47. The standard InChI is InChI=1S/C21H27F2N3O4/c1-4-13(2)11-24-12-17-25(10-9-18(27)26(17)14(3)19(24)28)20(29)15-5-7-16(8-6-15)30-21(22)23/h5-8,13-14,17,21H,4,9-12H2,1-3H3/t13?,14-,17?/m1/s1. The molecular formula is C21H27F2N3O4. The largest absolute Gasteiger partial charge is 0.435 e. The quantitative estimate of drug-likeness (QED) is 0.705. The summed E-state index contributed by atoms with van der Waals surface area (Å²) < 4.78 is 29.0. The fourth-order valence-corrected chi connectivity index (χ4v) is 3.99. The summed E-state index contributed by atoms with van der Waals surface area (Å²) in [6.07, 6.45) is 0.506. The number of benzene rings is 1. The zero-order valence-corrected chi connectivity index (χ0v) is 17.4. The predicted octanol–water partition coefficient (Wildman–Crippen LogP) is 2.57. The molecule has 0 aromatic heterocycles. The Morgan fingerprint density at radius 3 is 2.50 bits per heavy atom. The average molecular weight is 423 g/mol. The molecule has 9 heteroatoms. The summed E-state index contributed by atoms with van der Waals surface area (Å²) in [5.41, 5.74) is 0.309. The second kappa shape index (κ2) is 8.97. The van der Waals surface area contributed by atoms with E-state index in [4.69, 9.17) is 0 Å². The molecule has 1 aromatic rings. The van der Waals surface area contributed by atoms with Gasteiger partial charge in [0, 0.05) is 25.1 Å². The topological polar surface area (TPSA) is 70.2 Å². The van der Waals surface area contributed by atoms with Crippen LogP contribution in [-0.4, -0.2) is 70.9 Å². The third kappa shape index (κ3) is 4.39. The lowest BCUT2D eigenvalue weighted by Gasteiger charge is -2.51. The van der Waals surface area contributed by atoms with Gasteiger partial charge >= 0.3 is 6.61 Å². The van der Waals surface area contributed by atoms with Crippen LogP contribution < -0.4 is 4.74 Å². The molecule has 0 N–H and O–H groups in total. The van der Waals surface area contributed by atoms with Gasteiger partial charge in [-0.15, -0.1) is 0 Å². The number of hydrogen-bond acceptors (Lipinski definition) is 4. The van der Waals surface area contributed by atoms with E-state index in [9.17, 15) is 23.2 Å². The van der Waals surface area contributed by atoms with E-state index in [1.807, 2.05) is 0 Å². The van der Waals surface area contributed by atoms with Gasteiger partial charge in [0.15, 0.2) is 0 Å². The van der Waals surface area contributed by atoms with E-state index < -0.39 is 18.8 Å². The molecule has 3 rings (SSSR count). The first-order chi connectivity index (χ1) is 14.2. The Bertz CT molecular complexity index is 802. The fourth-order valence-electron chi connectivity index (χ4n) is 3.99. The molecule has 2 unspecified atom stereocenters. The first kappa shape index (κ1) is 22.0. The van der Waals surface area contributed by atoms with Gasteiger partial charge in [0.05, 0.1) is 6.54 Å². The molecule has 0 saturated carbocycles. The molecule has 3 amide bonds. The van der Waals surface area contributed by atoms with Crippen molar-refractivity contribution in [2.75, 3.05) is 19.6 Å². The summed E-state index contributed by atoms with van der Waals surface area (Å²) in [7, 11) is 0. The van der Waals surface area contributed by atoms with E-state index in [1.165, 1.54) is 29.2 Å². The number of carbonyl (C=O) groups is 3. The molecule has 2 heterocycles. The molecule has 2 aliphatic heterocycles. The van der Waals surface area contributed by atoms with Crippen molar-refractivity contribution in [2.24, 2.45) is 5.92 Å². The van der Waals surface area contributed by atoms with Crippen LogP contribution in [0.1, 0.15) is 44.0 Å². The van der Waals surface area contributed by atoms with Crippen molar-refractivity contribution in [3.8, 4) is 5.75 Å². The SMILES string of the molecule is CCC(C)CN1CC2N(C(=O)c3ccc(OC(F)F)cc3)CCC(=O)N2[C@H](C)C1=O. The maximum Gasteiger partial charge on any atom is 0.387 e. The number of nitrogens with zero attached hydrogens (tertiary/aromatic N) is 3. The number of hydrogen-bond donors (Lipinski definition) is 0. The van der Waals surface area contributed by atoms with Gasteiger partial charge in [-0.05, 0) is 37.1 Å². The molecule has 3 atom stereocenters. The van der Waals surface area contributed by atoms with Crippen molar-refractivity contribution in [3.05, 3.63) is 29.8 Å². The molecule has 0 radical (unpaired) electrons. The van der Waals surface area contributed by atoms with Crippen LogP contribution in [0.2, 0.25) is 0 Å².